The highest BCUT2D eigenvalue weighted by atomic mass is 79.9. The summed E-state index contributed by atoms with van der Waals surface area (Å²) in [5.41, 5.74) is 3.79. The Morgan fingerprint density at radius 1 is 1.11 bits per heavy atom. The summed E-state index contributed by atoms with van der Waals surface area (Å²) in [4.78, 5) is 18.3. The van der Waals surface area contributed by atoms with E-state index in [1.165, 1.54) is 11.8 Å². The number of aromatic nitrogens is 3. The molecule has 2 heterocycles. The zero-order valence-corrected chi connectivity index (χ0v) is 29.3. The zero-order valence-electron chi connectivity index (χ0n) is 24.6. The van der Waals surface area contributed by atoms with Gasteiger partial charge in [-0.25, -0.2) is 9.48 Å². The number of esters is 1. The van der Waals surface area contributed by atoms with Gasteiger partial charge in [-0.3, -0.25) is 0 Å². The molecule has 5 rings (SSSR count). The van der Waals surface area contributed by atoms with Gasteiger partial charge in [0.2, 0.25) is 11.1 Å². The third-order valence-electron chi connectivity index (χ3n) is 6.63. The van der Waals surface area contributed by atoms with E-state index >= 15 is 0 Å². The van der Waals surface area contributed by atoms with E-state index in [2.05, 4.69) is 37.2 Å². The lowest BCUT2D eigenvalue weighted by Crippen LogP contribution is -2.30. The molecule has 0 saturated heterocycles. The van der Waals surface area contributed by atoms with Gasteiger partial charge in [-0.05, 0) is 90.6 Å². The Balaban J connectivity index is 1.53. The quantitative estimate of drug-likeness (QED) is 0.120. The van der Waals surface area contributed by atoms with Crippen LogP contribution in [0.1, 0.15) is 50.4 Å². The Labute approximate surface area is 282 Å². The molecule has 1 unspecified atom stereocenters. The summed E-state index contributed by atoms with van der Waals surface area (Å²) in [6.07, 6.45) is -0.304. The maximum Gasteiger partial charge on any atom is 0.338 e. The van der Waals surface area contributed by atoms with Crippen LogP contribution in [0.2, 0.25) is 5.02 Å². The molecule has 1 atom stereocenters. The van der Waals surface area contributed by atoms with Crippen LogP contribution in [0.25, 0.3) is 0 Å². The number of carbonyl (C=O) groups is 1. The lowest BCUT2D eigenvalue weighted by molar-refractivity contribution is -0.143. The normalized spacial score (nSPS) is 14.3. The van der Waals surface area contributed by atoms with E-state index in [0.29, 0.717) is 62.3 Å². The minimum absolute atomic E-state index is 0.304. The first-order valence-electron chi connectivity index (χ1n) is 14.0. The van der Waals surface area contributed by atoms with Gasteiger partial charge in [-0.2, -0.15) is 4.98 Å². The second kappa shape index (κ2) is 14.4. The number of hydrogen-bond donors (Lipinski definition) is 1. The minimum Gasteiger partial charge on any atom is -0.490 e. The van der Waals surface area contributed by atoms with E-state index in [4.69, 9.17) is 35.9 Å². The third-order valence-corrected chi connectivity index (χ3v) is 8.97. The number of rotatable bonds is 11. The number of carbonyl (C=O) groups excluding carboxylic acids is 1. The molecule has 1 N–H and O–H groups in total. The van der Waals surface area contributed by atoms with Crippen LogP contribution in [0.3, 0.4) is 0 Å². The molecule has 0 amide bonds. The molecule has 0 radical (unpaired) electrons. The Morgan fingerprint density at radius 3 is 2.64 bits per heavy atom. The third kappa shape index (κ3) is 7.44. The summed E-state index contributed by atoms with van der Waals surface area (Å²) in [5.74, 6) is 1.76. The summed E-state index contributed by atoms with van der Waals surface area (Å²) < 4.78 is 21.4. The molecule has 0 saturated carbocycles. The number of nitrogens with zero attached hydrogens (tertiary/aromatic N) is 3. The molecule has 0 bridgehead atoms. The molecule has 0 spiro atoms. The summed E-state index contributed by atoms with van der Waals surface area (Å²) >= 11 is 15.1. The van der Waals surface area contributed by atoms with Crippen molar-refractivity contribution in [3.8, 4) is 11.5 Å². The van der Waals surface area contributed by atoms with Crippen LogP contribution >= 0.6 is 55.2 Å². The highest BCUT2D eigenvalue weighted by Gasteiger charge is 2.36. The molecule has 3 aromatic carbocycles. The monoisotopic (exact) mass is 760 g/mol. The lowest BCUT2D eigenvalue weighted by Gasteiger charge is -2.29. The van der Waals surface area contributed by atoms with E-state index in [0.717, 1.165) is 21.2 Å². The molecule has 0 aliphatic carbocycles. The summed E-state index contributed by atoms with van der Waals surface area (Å²) in [7, 11) is 0. The van der Waals surface area contributed by atoms with Gasteiger partial charge in [-0.1, -0.05) is 69.6 Å². The smallest absolute Gasteiger partial charge is 0.338 e. The van der Waals surface area contributed by atoms with Crippen molar-refractivity contribution in [3.05, 3.63) is 103 Å². The Kier molecular flexibility index (Phi) is 10.6. The number of thioether (sulfide) groups is 1. The lowest BCUT2D eigenvalue weighted by atomic mass is 9.95. The van der Waals surface area contributed by atoms with Crippen molar-refractivity contribution < 1.29 is 19.0 Å². The molecule has 1 aromatic heterocycles. The highest BCUT2D eigenvalue weighted by molar-refractivity contribution is 9.10. The van der Waals surface area contributed by atoms with E-state index in [-0.39, 0.29) is 6.10 Å². The highest BCUT2D eigenvalue weighted by Crippen LogP contribution is 2.44. The van der Waals surface area contributed by atoms with Gasteiger partial charge in [0.15, 0.2) is 11.5 Å². The first-order chi connectivity index (χ1) is 21.1. The second-order valence-electron chi connectivity index (χ2n) is 10.2. The maximum absolute atomic E-state index is 13.5. The van der Waals surface area contributed by atoms with Gasteiger partial charge in [0.1, 0.15) is 12.6 Å². The van der Waals surface area contributed by atoms with Crippen LogP contribution in [-0.4, -0.2) is 33.4 Å². The summed E-state index contributed by atoms with van der Waals surface area (Å²) in [6.45, 7) is 8.16. The molecule has 1 aliphatic heterocycles. The van der Waals surface area contributed by atoms with Gasteiger partial charge >= 0.3 is 5.97 Å². The van der Waals surface area contributed by atoms with Crippen molar-refractivity contribution in [2.45, 2.75) is 57.4 Å². The van der Waals surface area contributed by atoms with Crippen LogP contribution in [0.4, 0.5) is 5.95 Å². The molecular weight excluding hydrogens is 732 g/mol. The molecule has 4 aromatic rings. The first kappa shape index (κ1) is 32.4. The number of anilines is 1. The van der Waals surface area contributed by atoms with Crippen molar-refractivity contribution in [1.82, 2.24) is 14.8 Å². The Hall–Kier alpha value is -2.99. The van der Waals surface area contributed by atoms with Crippen molar-refractivity contribution in [2.24, 2.45) is 0 Å². The van der Waals surface area contributed by atoms with Gasteiger partial charge in [0.05, 0.1) is 22.8 Å². The van der Waals surface area contributed by atoms with Crippen molar-refractivity contribution in [2.75, 3.05) is 11.9 Å². The Morgan fingerprint density at radius 2 is 1.91 bits per heavy atom. The minimum atomic E-state index is -0.644. The van der Waals surface area contributed by atoms with Gasteiger partial charge in [-0.15, -0.1) is 5.10 Å². The number of allylic oxidation sites excluding steroid dienone is 1. The number of halogens is 3. The van der Waals surface area contributed by atoms with Crippen LogP contribution in [-0.2, 0) is 21.9 Å². The maximum atomic E-state index is 13.5. The predicted molar refractivity (Wildman–Crippen MR) is 181 cm³/mol. The van der Waals surface area contributed by atoms with Crippen molar-refractivity contribution in [1.29, 1.82) is 0 Å². The van der Waals surface area contributed by atoms with Gasteiger partial charge in [0, 0.05) is 20.9 Å². The topological polar surface area (TPSA) is 87.5 Å². The fraction of sp³-hybridized carbons (Fsp3) is 0.281. The number of hydrogen-bond acceptors (Lipinski definition) is 8. The van der Waals surface area contributed by atoms with Gasteiger partial charge in [0.25, 0.3) is 0 Å². The molecule has 44 heavy (non-hydrogen) atoms. The number of benzene rings is 3. The van der Waals surface area contributed by atoms with Gasteiger partial charge < -0.3 is 19.5 Å². The van der Waals surface area contributed by atoms with E-state index in [1.807, 2.05) is 88.4 Å². The summed E-state index contributed by atoms with van der Waals surface area (Å²) in [6, 6.07) is 18.8. The second-order valence-corrected chi connectivity index (χ2v) is 13.4. The average molecular weight is 763 g/mol. The number of ether oxygens (including phenoxy) is 3. The van der Waals surface area contributed by atoms with E-state index in [9.17, 15) is 4.79 Å². The zero-order chi connectivity index (χ0) is 31.4. The standard InChI is InChI=1S/C32H31Br2ClN4O4S/c1-5-41-26-15-22(14-24(34)29(26)42-16-20-9-8-11-23(33)13-20)28-27(30(40)43-18(2)3)19(4)36-31-37-32(38-39(28)31)44-17-21-10-6-7-12-25(21)35/h6-15,18,28H,5,16-17H2,1-4H3,(H,36,37,38). The largest absolute Gasteiger partial charge is 0.490 e. The van der Waals surface area contributed by atoms with Crippen LogP contribution in [0.5, 0.6) is 11.5 Å². The fourth-order valence-corrected chi connectivity index (χ4v) is 6.87. The molecule has 230 valence electrons. The van der Waals surface area contributed by atoms with Crippen LogP contribution < -0.4 is 14.8 Å². The number of fused-ring (bicyclic) bond motifs is 1. The van der Waals surface area contributed by atoms with Crippen LogP contribution in [0.15, 0.2) is 86.0 Å². The molecule has 0 fully saturated rings. The molecule has 12 heteroatoms. The Bertz CT molecular complexity index is 1710. The predicted octanol–water partition coefficient (Wildman–Crippen LogP) is 8.97. The van der Waals surface area contributed by atoms with Crippen molar-refractivity contribution >= 4 is 67.1 Å². The van der Waals surface area contributed by atoms with E-state index < -0.39 is 12.0 Å². The first-order valence-corrected chi connectivity index (χ1v) is 16.9. The molecule has 1 aliphatic rings. The van der Waals surface area contributed by atoms with Crippen molar-refractivity contribution in [3.63, 3.8) is 0 Å². The fourth-order valence-electron chi connectivity index (χ4n) is 4.73. The van der Waals surface area contributed by atoms with E-state index in [1.54, 1.807) is 4.68 Å². The summed E-state index contributed by atoms with van der Waals surface area (Å²) in [5, 5.41) is 9.33. The van der Waals surface area contributed by atoms with Crippen LogP contribution in [0, 0.1) is 0 Å². The SMILES string of the molecule is CCOc1cc(C2C(C(=O)OC(C)C)=C(C)Nc3nc(SCc4ccccc4Cl)nn32)cc(Br)c1OCc1cccc(Br)c1. The average Bonchev–Trinajstić information content (AvgIpc) is 3.37. The molecule has 8 nitrogen and oxygen atoms in total. The number of nitrogens with one attached hydrogen (secondary N) is 1. The molecular formula is C32H31Br2ClN4O4S.